The molecule has 0 radical (unpaired) electrons. The smallest absolute Gasteiger partial charge is 0.167 e. The molecule has 0 aliphatic carbocycles. The lowest BCUT2D eigenvalue weighted by Crippen LogP contribution is -2.17. The van der Waals surface area contributed by atoms with Gasteiger partial charge in [0.05, 0.1) is 7.11 Å². The van der Waals surface area contributed by atoms with Crippen LogP contribution in [0.4, 0.5) is 0 Å². The molecule has 0 saturated carbocycles. The van der Waals surface area contributed by atoms with Crippen LogP contribution in [0.5, 0.6) is 11.5 Å². The van der Waals surface area contributed by atoms with Gasteiger partial charge in [0.2, 0.25) is 0 Å². The summed E-state index contributed by atoms with van der Waals surface area (Å²) in [6.45, 7) is 6.57. The van der Waals surface area contributed by atoms with Crippen LogP contribution in [0.15, 0.2) is 40.9 Å². The second kappa shape index (κ2) is 10.0. The molecule has 0 amide bonds. The third-order valence-corrected chi connectivity index (χ3v) is 4.84. The van der Waals surface area contributed by atoms with Gasteiger partial charge in [-0.1, -0.05) is 53.5 Å². The Morgan fingerprint density at radius 3 is 2.68 bits per heavy atom. The molecule has 0 spiro atoms. The predicted molar refractivity (Wildman–Crippen MR) is 108 cm³/mol. The van der Waals surface area contributed by atoms with Gasteiger partial charge in [-0.3, -0.25) is 0 Å². The number of halogens is 2. The Balaban J connectivity index is 2.14. The molecule has 0 saturated heterocycles. The molecule has 0 atom stereocenters. The molecule has 0 heterocycles. The molecule has 2 aromatic rings. The fourth-order valence-corrected chi connectivity index (χ4v) is 3.12. The van der Waals surface area contributed by atoms with Crippen molar-refractivity contribution in [2.45, 2.75) is 33.4 Å². The number of benzene rings is 2. The van der Waals surface area contributed by atoms with Crippen molar-refractivity contribution < 1.29 is 9.47 Å². The van der Waals surface area contributed by atoms with Gasteiger partial charge in [0, 0.05) is 21.6 Å². The molecule has 5 heteroatoms. The van der Waals surface area contributed by atoms with Crippen molar-refractivity contribution in [1.82, 2.24) is 5.32 Å². The van der Waals surface area contributed by atoms with Gasteiger partial charge in [-0.15, -0.1) is 0 Å². The Morgan fingerprint density at radius 2 is 2.00 bits per heavy atom. The summed E-state index contributed by atoms with van der Waals surface area (Å²) in [5, 5.41) is 4.19. The number of nitrogens with one attached hydrogen (secondary N) is 1. The van der Waals surface area contributed by atoms with Gasteiger partial charge in [0.1, 0.15) is 6.61 Å². The normalized spacial score (nSPS) is 11.0. The van der Waals surface area contributed by atoms with Crippen LogP contribution in [0, 0.1) is 5.92 Å². The topological polar surface area (TPSA) is 30.5 Å². The standard InChI is InChI=1S/C20H25BrClNO2/c1-14(2)9-10-23-12-17-18(21)7-8-19(24-3)20(17)25-13-15-5-4-6-16(22)11-15/h4-8,11,14,23H,9-10,12-13H2,1-3H3. The van der Waals surface area contributed by atoms with Gasteiger partial charge in [-0.2, -0.15) is 0 Å². The summed E-state index contributed by atoms with van der Waals surface area (Å²) in [6, 6.07) is 11.6. The van der Waals surface area contributed by atoms with Crippen LogP contribution in [0.3, 0.4) is 0 Å². The highest BCUT2D eigenvalue weighted by molar-refractivity contribution is 9.10. The van der Waals surface area contributed by atoms with E-state index in [-0.39, 0.29) is 0 Å². The zero-order valence-corrected chi connectivity index (χ0v) is 17.3. The largest absolute Gasteiger partial charge is 0.493 e. The fraction of sp³-hybridized carbons (Fsp3) is 0.400. The van der Waals surface area contributed by atoms with Gasteiger partial charge in [-0.25, -0.2) is 0 Å². The van der Waals surface area contributed by atoms with Gasteiger partial charge >= 0.3 is 0 Å². The van der Waals surface area contributed by atoms with E-state index in [0.717, 1.165) is 46.6 Å². The minimum Gasteiger partial charge on any atom is -0.493 e. The quantitative estimate of drug-likeness (QED) is 0.512. The molecule has 0 aliphatic rings. The maximum absolute atomic E-state index is 6.11. The average molecular weight is 427 g/mol. The summed E-state index contributed by atoms with van der Waals surface area (Å²) >= 11 is 9.69. The van der Waals surface area contributed by atoms with E-state index < -0.39 is 0 Å². The van der Waals surface area contributed by atoms with Crippen molar-refractivity contribution in [3.63, 3.8) is 0 Å². The highest BCUT2D eigenvalue weighted by atomic mass is 79.9. The summed E-state index contributed by atoms with van der Waals surface area (Å²) < 4.78 is 12.6. The summed E-state index contributed by atoms with van der Waals surface area (Å²) in [5.74, 6) is 2.17. The van der Waals surface area contributed by atoms with Crippen molar-refractivity contribution in [2.24, 2.45) is 5.92 Å². The summed E-state index contributed by atoms with van der Waals surface area (Å²) in [5.41, 5.74) is 2.08. The van der Waals surface area contributed by atoms with E-state index in [2.05, 4.69) is 35.1 Å². The molecule has 25 heavy (non-hydrogen) atoms. The van der Waals surface area contributed by atoms with Crippen molar-refractivity contribution in [3.05, 3.63) is 57.0 Å². The summed E-state index contributed by atoms with van der Waals surface area (Å²) in [6.07, 6.45) is 1.14. The Morgan fingerprint density at radius 1 is 1.20 bits per heavy atom. The average Bonchev–Trinajstić information content (AvgIpc) is 2.58. The summed E-state index contributed by atoms with van der Waals surface area (Å²) in [7, 11) is 1.66. The van der Waals surface area contributed by atoms with Crippen LogP contribution in [0.25, 0.3) is 0 Å². The van der Waals surface area contributed by atoms with Crippen molar-refractivity contribution >= 4 is 27.5 Å². The first-order chi connectivity index (χ1) is 12.0. The molecular formula is C20H25BrClNO2. The molecule has 3 nitrogen and oxygen atoms in total. The molecule has 136 valence electrons. The van der Waals surface area contributed by atoms with Crippen LogP contribution in [0.1, 0.15) is 31.4 Å². The molecule has 0 fully saturated rings. The van der Waals surface area contributed by atoms with E-state index in [4.69, 9.17) is 21.1 Å². The first kappa shape index (κ1) is 20.1. The molecule has 0 aliphatic heterocycles. The first-order valence-corrected chi connectivity index (χ1v) is 9.61. The highest BCUT2D eigenvalue weighted by Crippen LogP contribution is 2.36. The minimum atomic E-state index is 0.437. The zero-order valence-electron chi connectivity index (χ0n) is 14.9. The number of ether oxygens (including phenoxy) is 2. The van der Waals surface area contributed by atoms with Crippen LogP contribution in [-0.4, -0.2) is 13.7 Å². The highest BCUT2D eigenvalue weighted by Gasteiger charge is 2.15. The molecule has 2 rings (SSSR count). The van der Waals surface area contributed by atoms with Crippen LogP contribution in [-0.2, 0) is 13.2 Å². The lowest BCUT2D eigenvalue weighted by atomic mass is 10.1. The minimum absolute atomic E-state index is 0.437. The Labute approximate surface area is 163 Å². The zero-order chi connectivity index (χ0) is 18.2. The molecule has 1 N–H and O–H groups in total. The van der Waals surface area contributed by atoms with Gasteiger partial charge in [0.15, 0.2) is 11.5 Å². The van der Waals surface area contributed by atoms with Gasteiger partial charge in [-0.05, 0) is 48.7 Å². The number of hydrogen-bond donors (Lipinski definition) is 1. The van der Waals surface area contributed by atoms with E-state index >= 15 is 0 Å². The maximum Gasteiger partial charge on any atom is 0.167 e. The van der Waals surface area contributed by atoms with E-state index in [1.165, 1.54) is 0 Å². The van der Waals surface area contributed by atoms with E-state index in [0.29, 0.717) is 17.5 Å². The summed E-state index contributed by atoms with van der Waals surface area (Å²) in [4.78, 5) is 0. The molecule has 0 aromatic heterocycles. The molecular weight excluding hydrogens is 402 g/mol. The van der Waals surface area contributed by atoms with Crippen molar-refractivity contribution in [2.75, 3.05) is 13.7 Å². The maximum atomic E-state index is 6.11. The molecule has 0 bridgehead atoms. The SMILES string of the molecule is COc1ccc(Br)c(CNCCC(C)C)c1OCc1cccc(Cl)c1. The Kier molecular flexibility index (Phi) is 8.07. The third kappa shape index (κ3) is 6.21. The molecule has 0 unspecified atom stereocenters. The number of rotatable bonds is 9. The van der Waals surface area contributed by atoms with Crippen LogP contribution in [0.2, 0.25) is 5.02 Å². The Bertz CT molecular complexity index is 691. The first-order valence-electron chi connectivity index (χ1n) is 8.44. The lowest BCUT2D eigenvalue weighted by molar-refractivity contribution is 0.280. The number of methoxy groups -OCH3 is 1. The predicted octanol–water partition coefficient (Wildman–Crippen LogP) is 5.83. The fourth-order valence-electron chi connectivity index (χ4n) is 2.45. The van der Waals surface area contributed by atoms with Gasteiger partial charge in [0.25, 0.3) is 0 Å². The van der Waals surface area contributed by atoms with E-state index in [1.54, 1.807) is 7.11 Å². The molecule has 2 aromatic carbocycles. The third-order valence-electron chi connectivity index (χ3n) is 3.86. The van der Waals surface area contributed by atoms with E-state index in [9.17, 15) is 0 Å². The second-order valence-corrected chi connectivity index (χ2v) is 7.63. The second-order valence-electron chi connectivity index (χ2n) is 6.34. The number of hydrogen-bond acceptors (Lipinski definition) is 3. The lowest BCUT2D eigenvalue weighted by Gasteiger charge is -2.17. The monoisotopic (exact) mass is 425 g/mol. The Hall–Kier alpha value is -1.23. The van der Waals surface area contributed by atoms with Crippen LogP contribution < -0.4 is 14.8 Å². The van der Waals surface area contributed by atoms with Gasteiger partial charge < -0.3 is 14.8 Å². The van der Waals surface area contributed by atoms with E-state index in [1.807, 2.05) is 36.4 Å². The van der Waals surface area contributed by atoms with Crippen LogP contribution >= 0.6 is 27.5 Å². The van der Waals surface area contributed by atoms with Crippen molar-refractivity contribution in [1.29, 1.82) is 0 Å². The van der Waals surface area contributed by atoms with Crippen molar-refractivity contribution in [3.8, 4) is 11.5 Å².